The van der Waals surface area contributed by atoms with Gasteiger partial charge in [-0.15, -0.1) is 0 Å². The second-order valence-electron chi connectivity index (χ2n) is 8.22. The summed E-state index contributed by atoms with van der Waals surface area (Å²) in [5, 5.41) is 4.11. The van der Waals surface area contributed by atoms with Gasteiger partial charge in [0.15, 0.2) is 0 Å². The summed E-state index contributed by atoms with van der Waals surface area (Å²) in [6, 6.07) is 0.0861. The van der Waals surface area contributed by atoms with E-state index in [1.165, 1.54) is 0 Å². The molecule has 2 fully saturated rings. The summed E-state index contributed by atoms with van der Waals surface area (Å²) in [6.45, 7) is 4.00. The first-order valence-electron chi connectivity index (χ1n) is 10.8. The zero-order valence-corrected chi connectivity index (χ0v) is 17.7. The number of ether oxygens (including phenoxy) is 3. The predicted molar refractivity (Wildman–Crippen MR) is 113 cm³/mol. The summed E-state index contributed by atoms with van der Waals surface area (Å²) in [5.74, 6) is 1.75. The lowest BCUT2D eigenvalue weighted by molar-refractivity contribution is -0.120. The third-order valence-corrected chi connectivity index (χ3v) is 5.84. The molecule has 1 aliphatic carbocycles. The van der Waals surface area contributed by atoms with Gasteiger partial charge >= 0.3 is 0 Å². The highest BCUT2D eigenvalue weighted by molar-refractivity contribution is 5.87. The minimum atomic E-state index is 0.0861. The van der Waals surface area contributed by atoms with Crippen molar-refractivity contribution in [3.8, 4) is 5.88 Å². The lowest BCUT2D eigenvalue weighted by Gasteiger charge is -2.25. The van der Waals surface area contributed by atoms with E-state index in [0.717, 1.165) is 42.1 Å². The number of hydrogen-bond acceptors (Lipinski definition) is 8. The Morgan fingerprint density at radius 2 is 1.93 bits per heavy atom. The number of carbonyl (C=O) groups is 1. The lowest BCUT2D eigenvalue weighted by atomic mass is 9.83. The molecule has 162 valence electrons. The molecule has 1 atom stereocenters. The second kappa shape index (κ2) is 9.66. The van der Waals surface area contributed by atoms with Crippen molar-refractivity contribution >= 4 is 22.6 Å². The molecule has 1 saturated carbocycles. The maximum absolute atomic E-state index is 11.7. The smallest absolute Gasteiger partial charge is 0.224 e. The molecule has 4 rings (SSSR count). The first kappa shape index (κ1) is 20.9. The van der Waals surface area contributed by atoms with Crippen LogP contribution in [-0.2, 0) is 14.3 Å². The Balaban J connectivity index is 1.67. The Hall–Kier alpha value is -2.32. The predicted octanol–water partition coefficient (Wildman–Crippen LogP) is 3.26. The highest BCUT2D eigenvalue weighted by atomic mass is 16.5. The van der Waals surface area contributed by atoms with Crippen LogP contribution in [0.15, 0.2) is 12.4 Å². The Bertz CT molecular complexity index is 875. The van der Waals surface area contributed by atoms with E-state index < -0.39 is 0 Å². The summed E-state index contributed by atoms with van der Waals surface area (Å²) in [6.07, 6.45) is 8.38. The van der Waals surface area contributed by atoms with E-state index in [1.54, 1.807) is 13.3 Å². The number of anilines is 1. The molecule has 1 aliphatic heterocycles. The van der Waals surface area contributed by atoms with Crippen LogP contribution in [0.5, 0.6) is 5.88 Å². The highest BCUT2D eigenvalue weighted by Crippen LogP contribution is 2.37. The molecule has 8 nitrogen and oxygen atoms in total. The average Bonchev–Trinajstić information content (AvgIpc) is 2.75. The van der Waals surface area contributed by atoms with Crippen LogP contribution in [0.2, 0.25) is 0 Å². The van der Waals surface area contributed by atoms with E-state index >= 15 is 0 Å². The Morgan fingerprint density at radius 1 is 1.17 bits per heavy atom. The Kier molecular flexibility index (Phi) is 6.74. The molecule has 0 radical (unpaired) electrons. The summed E-state index contributed by atoms with van der Waals surface area (Å²) in [5.41, 5.74) is 1.93. The van der Waals surface area contributed by atoms with Gasteiger partial charge in [-0.05, 0) is 25.7 Å². The van der Waals surface area contributed by atoms with Gasteiger partial charge in [-0.3, -0.25) is 4.79 Å². The molecule has 0 spiro atoms. The third kappa shape index (κ3) is 4.87. The topological polar surface area (TPSA) is 95.5 Å². The van der Waals surface area contributed by atoms with Gasteiger partial charge in [0, 0.05) is 56.8 Å². The molecular formula is C22H30N4O4. The van der Waals surface area contributed by atoms with Crippen molar-refractivity contribution in [2.45, 2.75) is 63.5 Å². The minimum Gasteiger partial charge on any atom is -0.474 e. The summed E-state index contributed by atoms with van der Waals surface area (Å²) in [4.78, 5) is 25.7. The van der Waals surface area contributed by atoms with E-state index in [4.69, 9.17) is 19.2 Å². The largest absolute Gasteiger partial charge is 0.474 e. The molecule has 2 aliphatic rings. The number of methoxy groups -OCH3 is 1. The van der Waals surface area contributed by atoms with Gasteiger partial charge in [0.25, 0.3) is 0 Å². The normalized spacial score (nSPS) is 19.7. The zero-order valence-electron chi connectivity index (χ0n) is 17.7. The van der Waals surface area contributed by atoms with E-state index in [0.29, 0.717) is 50.3 Å². The fourth-order valence-corrected chi connectivity index (χ4v) is 4.19. The number of ketones is 1. The number of fused-ring (bicyclic) bond motifs is 1. The van der Waals surface area contributed by atoms with Crippen LogP contribution in [-0.4, -0.2) is 59.8 Å². The number of hydrogen-bond donors (Lipinski definition) is 1. The quantitative estimate of drug-likeness (QED) is 0.738. The van der Waals surface area contributed by atoms with Crippen LogP contribution in [0.4, 0.5) is 5.95 Å². The standard InChI is InChI=1S/C22H30N4O4/c1-14(13-28-2)25-22-24-12-19-20(26-22)18(15-3-5-16(27)6-4-15)11-23-21(19)30-17-7-9-29-10-8-17/h11-12,14-15,17H,3-10,13H2,1-2H3,(H,24,25,26). The third-order valence-electron chi connectivity index (χ3n) is 5.84. The van der Waals surface area contributed by atoms with Crippen molar-refractivity contribution in [3.05, 3.63) is 18.0 Å². The Labute approximate surface area is 176 Å². The average molecular weight is 415 g/mol. The molecule has 1 unspecified atom stereocenters. The summed E-state index contributed by atoms with van der Waals surface area (Å²) in [7, 11) is 1.67. The molecule has 2 aromatic heterocycles. The van der Waals surface area contributed by atoms with Crippen molar-refractivity contribution in [2.24, 2.45) is 0 Å². The maximum Gasteiger partial charge on any atom is 0.224 e. The SMILES string of the molecule is COCC(C)Nc1ncc2c(OC3CCOCC3)ncc(C3CCC(=O)CC3)c2n1. The first-order chi connectivity index (χ1) is 14.6. The van der Waals surface area contributed by atoms with Crippen molar-refractivity contribution in [3.63, 3.8) is 0 Å². The molecule has 2 aromatic rings. The molecule has 0 amide bonds. The fraction of sp³-hybridized carbons (Fsp3) is 0.636. The summed E-state index contributed by atoms with van der Waals surface area (Å²) >= 11 is 0. The number of aromatic nitrogens is 3. The van der Waals surface area contributed by atoms with E-state index in [-0.39, 0.29) is 18.1 Å². The summed E-state index contributed by atoms with van der Waals surface area (Å²) < 4.78 is 16.9. The zero-order chi connectivity index (χ0) is 20.9. The Morgan fingerprint density at radius 3 is 2.67 bits per heavy atom. The monoisotopic (exact) mass is 414 g/mol. The van der Waals surface area contributed by atoms with Gasteiger partial charge in [-0.1, -0.05) is 0 Å². The van der Waals surface area contributed by atoms with E-state index in [1.807, 2.05) is 13.1 Å². The first-order valence-corrected chi connectivity index (χ1v) is 10.8. The molecule has 30 heavy (non-hydrogen) atoms. The van der Waals surface area contributed by atoms with Crippen molar-refractivity contribution in [1.82, 2.24) is 15.0 Å². The van der Waals surface area contributed by atoms with Gasteiger partial charge in [0.1, 0.15) is 11.9 Å². The van der Waals surface area contributed by atoms with Crippen LogP contribution in [0.3, 0.4) is 0 Å². The molecule has 0 aromatic carbocycles. The molecule has 1 saturated heterocycles. The van der Waals surface area contributed by atoms with Crippen LogP contribution in [0, 0.1) is 0 Å². The van der Waals surface area contributed by atoms with Crippen LogP contribution >= 0.6 is 0 Å². The van der Waals surface area contributed by atoms with E-state index in [9.17, 15) is 4.79 Å². The molecule has 0 bridgehead atoms. The number of carbonyl (C=O) groups excluding carboxylic acids is 1. The van der Waals surface area contributed by atoms with Gasteiger partial charge < -0.3 is 19.5 Å². The number of Topliss-reactive ketones (excluding diaryl/α,β-unsaturated/α-hetero) is 1. The lowest BCUT2D eigenvalue weighted by Crippen LogP contribution is -2.26. The second-order valence-corrected chi connectivity index (χ2v) is 8.22. The number of nitrogens with one attached hydrogen (secondary N) is 1. The number of pyridine rings is 1. The molecule has 8 heteroatoms. The van der Waals surface area contributed by atoms with Gasteiger partial charge in [0.05, 0.1) is 30.7 Å². The van der Waals surface area contributed by atoms with E-state index in [2.05, 4.69) is 15.3 Å². The van der Waals surface area contributed by atoms with Crippen LogP contribution < -0.4 is 10.1 Å². The number of nitrogens with zero attached hydrogens (tertiary/aromatic N) is 3. The maximum atomic E-state index is 11.7. The molecule has 3 heterocycles. The minimum absolute atomic E-state index is 0.0861. The van der Waals surface area contributed by atoms with Gasteiger partial charge in [-0.2, -0.15) is 0 Å². The van der Waals surface area contributed by atoms with Crippen molar-refractivity contribution in [1.29, 1.82) is 0 Å². The van der Waals surface area contributed by atoms with Gasteiger partial charge in [0.2, 0.25) is 11.8 Å². The van der Waals surface area contributed by atoms with Crippen molar-refractivity contribution in [2.75, 3.05) is 32.2 Å². The van der Waals surface area contributed by atoms with Gasteiger partial charge in [-0.25, -0.2) is 15.0 Å². The van der Waals surface area contributed by atoms with Crippen LogP contribution in [0.25, 0.3) is 10.9 Å². The number of rotatable bonds is 7. The van der Waals surface area contributed by atoms with Crippen molar-refractivity contribution < 1.29 is 19.0 Å². The molecule has 1 N–H and O–H groups in total. The fourth-order valence-electron chi connectivity index (χ4n) is 4.19. The molecular weight excluding hydrogens is 384 g/mol. The highest BCUT2D eigenvalue weighted by Gasteiger charge is 2.25. The van der Waals surface area contributed by atoms with Crippen LogP contribution in [0.1, 0.15) is 56.9 Å².